The minimum absolute atomic E-state index is 0.846. The zero-order valence-corrected chi connectivity index (χ0v) is 13.1. The van der Waals surface area contributed by atoms with Crippen LogP contribution in [0.3, 0.4) is 0 Å². The molecule has 0 N–H and O–H groups in total. The molecule has 5 rings (SSSR count). The SMILES string of the molecule is c1ccc(C2C3CCC2C2CCC3C2c2ccccc2)cc1. The maximum Gasteiger partial charge on any atom is -0.00995 e. The second-order valence-corrected chi connectivity index (χ2v) is 7.68. The summed E-state index contributed by atoms with van der Waals surface area (Å²) < 4.78 is 0. The van der Waals surface area contributed by atoms with Gasteiger partial charge in [-0.2, -0.15) is 0 Å². The number of hydrogen-bond acceptors (Lipinski definition) is 0. The van der Waals surface area contributed by atoms with E-state index in [9.17, 15) is 0 Å². The number of hydrogen-bond donors (Lipinski definition) is 0. The van der Waals surface area contributed by atoms with Crippen molar-refractivity contribution in [1.29, 1.82) is 0 Å². The van der Waals surface area contributed by atoms with Gasteiger partial charge in [-0.3, -0.25) is 0 Å². The summed E-state index contributed by atoms with van der Waals surface area (Å²) in [5, 5.41) is 0. The fourth-order valence-electron chi connectivity index (χ4n) is 6.38. The first kappa shape index (κ1) is 12.9. The number of benzene rings is 2. The zero-order valence-electron chi connectivity index (χ0n) is 13.1. The molecule has 4 unspecified atom stereocenters. The molecule has 0 saturated heterocycles. The molecule has 3 aliphatic carbocycles. The predicted molar refractivity (Wildman–Crippen MR) is 90.8 cm³/mol. The highest BCUT2D eigenvalue weighted by molar-refractivity contribution is 5.31. The monoisotopic (exact) mass is 288 g/mol. The molecule has 2 aromatic carbocycles. The molecule has 0 radical (unpaired) electrons. The molecule has 3 aliphatic rings. The van der Waals surface area contributed by atoms with Gasteiger partial charge < -0.3 is 0 Å². The van der Waals surface area contributed by atoms with Gasteiger partial charge in [-0.05, 0) is 72.3 Å². The van der Waals surface area contributed by atoms with Crippen LogP contribution >= 0.6 is 0 Å². The van der Waals surface area contributed by atoms with Gasteiger partial charge in [0.1, 0.15) is 0 Å². The fourth-order valence-corrected chi connectivity index (χ4v) is 6.38. The summed E-state index contributed by atoms with van der Waals surface area (Å²) in [5.74, 6) is 5.40. The van der Waals surface area contributed by atoms with Gasteiger partial charge in [0.15, 0.2) is 0 Å². The second kappa shape index (κ2) is 4.98. The van der Waals surface area contributed by atoms with Gasteiger partial charge in [0.05, 0.1) is 0 Å². The highest BCUT2D eigenvalue weighted by Crippen LogP contribution is 2.67. The summed E-state index contributed by atoms with van der Waals surface area (Å²) in [6, 6.07) is 22.8. The molecule has 0 spiro atoms. The van der Waals surface area contributed by atoms with Crippen molar-refractivity contribution in [3.63, 3.8) is 0 Å². The molecule has 2 aromatic rings. The van der Waals surface area contributed by atoms with Crippen molar-refractivity contribution in [2.24, 2.45) is 23.7 Å². The summed E-state index contributed by atoms with van der Waals surface area (Å²) in [5.41, 5.74) is 3.25. The third kappa shape index (κ3) is 1.76. The van der Waals surface area contributed by atoms with Crippen LogP contribution in [0.2, 0.25) is 0 Å². The van der Waals surface area contributed by atoms with Crippen LogP contribution in [0, 0.1) is 23.7 Å². The molecule has 4 bridgehead atoms. The van der Waals surface area contributed by atoms with Gasteiger partial charge in [0, 0.05) is 0 Å². The summed E-state index contributed by atoms with van der Waals surface area (Å²) in [6.45, 7) is 0. The Morgan fingerprint density at radius 1 is 0.455 bits per heavy atom. The summed E-state index contributed by atoms with van der Waals surface area (Å²) in [7, 11) is 0. The second-order valence-electron chi connectivity index (χ2n) is 7.68. The summed E-state index contributed by atoms with van der Waals surface area (Å²) in [6.07, 6.45) is 5.87. The smallest absolute Gasteiger partial charge is 0.00995 e. The van der Waals surface area contributed by atoms with Gasteiger partial charge in [-0.25, -0.2) is 0 Å². The van der Waals surface area contributed by atoms with E-state index in [-0.39, 0.29) is 0 Å². The molecule has 0 heteroatoms. The van der Waals surface area contributed by atoms with Gasteiger partial charge in [0.25, 0.3) is 0 Å². The number of fused-ring (bicyclic) bond motifs is 6. The third-order valence-corrected chi connectivity index (χ3v) is 6.98. The highest BCUT2D eigenvalue weighted by atomic mass is 14.6. The predicted octanol–water partition coefficient (Wildman–Crippen LogP) is 5.62. The van der Waals surface area contributed by atoms with Crippen LogP contribution in [0.5, 0.6) is 0 Å². The van der Waals surface area contributed by atoms with Crippen molar-refractivity contribution in [1.82, 2.24) is 0 Å². The maximum atomic E-state index is 2.39. The number of rotatable bonds is 2. The largest absolute Gasteiger partial charge is 0.0622 e. The molecular formula is C22H24. The third-order valence-electron chi connectivity index (χ3n) is 6.98. The average Bonchev–Trinajstić information content (AvgIpc) is 3.11. The van der Waals surface area contributed by atoms with Crippen LogP contribution in [0.25, 0.3) is 0 Å². The zero-order chi connectivity index (χ0) is 14.5. The van der Waals surface area contributed by atoms with Crippen molar-refractivity contribution in [3.8, 4) is 0 Å². The minimum Gasteiger partial charge on any atom is -0.0622 e. The van der Waals surface area contributed by atoms with E-state index in [2.05, 4.69) is 60.7 Å². The van der Waals surface area contributed by atoms with Crippen LogP contribution in [-0.4, -0.2) is 0 Å². The molecule has 112 valence electrons. The van der Waals surface area contributed by atoms with Crippen molar-refractivity contribution in [3.05, 3.63) is 71.8 Å². The van der Waals surface area contributed by atoms with Crippen molar-refractivity contribution in [2.75, 3.05) is 0 Å². The quantitative estimate of drug-likeness (QED) is 0.672. The fraction of sp³-hybridized carbons (Fsp3) is 0.455. The van der Waals surface area contributed by atoms with E-state index in [1.807, 2.05) is 0 Å². The van der Waals surface area contributed by atoms with Gasteiger partial charge in [-0.15, -0.1) is 0 Å². The first-order valence-electron chi connectivity index (χ1n) is 9.03. The Bertz CT molecular complexity index is 565. The van der Waals surface area contributed by atoms with Crippen LogP contribution in [0.4, 0.5) is 0 Å². The van der Waals surface area contributed by atoms with E-state index in [4.69, 9.17) is 0 Å². The van der Waals surface area contributed by atoms with Crippen LogP contribution in [-0.2, 0) is 0 Å². The average molecular weight is 288 g/mol. The Balaban J connectivity index is 1.55. The Kier molecular flexibility index (Phi) is 2.93. The molecule has 0 aliphatic heterocycles. The lowest BCUT2D eigenvalue weighted by Gasteiger charge is -2.42. The topological polar surface area (TPSA) is 0 Å². The molecule has 0 heterocycles. The molecule has 0 amide bonds. The lowest BCUT2D eigenvalue weighted by molar-refractivity contribution is 0.168. The molecule has 3 fully saturated rings. The van der Waals surface area contributed by atoms with Crippen LogP contribution in [0.15, 0.2) is 60.7 Å². The lowest BCUT2D eigenvalue weighted by atomic mass is 9.62. The first-order valence-corrected chi connectivity index (χ1v) is 9.03. The Morgan fingerprint density at radius 3 is 1.09 bits per heavy atom. The Hall–Kier alpha value is -1.56. The van der Waals surface area contributed by atoms with Crippen LogP contribution in [0.1, 0.15) is 48.6 Å². The van der Waals surface area contributed by atoms with Crippen molar-refractivity contribution in [2.45, 2.75) is 37.5 Å². The summed E-state index contributed by atoms with van der Waals surface area (Å²) >= 11 is 0. The molecular weight excluding hydrogens is 264 g/mol. The molecule has 0 aromatic heterocycles. The molecule has 4 atom stereocenters. The van der Waals surface area contributed by atoms with Crippen LogP contribution < -0.4 is 0 Å². The van der Waals surface area contributed by atoms with E-state index in [1.54, 1.807) is 11.1 Å². The molecule has 3 saturated carbocycles. The van der Waals surface area contributed by atoms with Crippen molar-refractivity contribution < 1.29 is 0 Å². The van der Waals surface area contributed by atoms with E-state index in [0.29, 0.717) is 0 Å². The van der Waals surface area contributed by atoms with Crippen molar-refractivity contribution >= 4 is 0 Å². The summed E-state index contributed by atoms with van der Waals surface area (Å²) in [4.78, 5) is 0. The lowest BCUT2D eigenvalue weighted by Crippen LogP contribution is -2.33. The van der Waals surface area contributed by atoms with E-state index >= 15 is 0 Å². The standard InChI is InChI=1S/C22H24/c1-3-7-15(8-4-1)21-17-11-12-18(21)20-14-13-19(17)22(20)16-9-5-2-6-10-16/h1-10,17-22H,11-14H2. The minimum atomic E-state index is 0.846. The Labute approximate surface area is 133 Å². The van der Waals surface area contributed by atoms with E-state index in [0.717, 1.165) is 35.5 Å². The van der Waals surface area contributed by atoms with E-state index < -0.39 is 0 Å². The first-order chi connectivity index (χ1) is 10.9. The molecule has 0 nitrogen and oxygen atoms in total. The highest BCUT2D eigenvalue weighted by Gasteiger charge is 2.57. The van der Waals surface area contributed by atoms with E-state index in [1.165, 1.54) is 25.7 Å². The van der Waals surface area contributed by atoms with Gasteiger partial charge in [-0.1, -0.05) is 60.7 Å². The normalized spacial score (nSPS) is 39.1. The van der Waals surface area contributed by atoms with Gasteiger partial charge in [0.2, 0.25) is 0 Å². The maximum absolute atomic E-state index is 2.39. The molecule has 22 heavy (non-hydrogen) atoms. The van der Waals surface area contributed by atoms with Gasteiger partial charge >= 0.3 is 0 Å². The Morgan fingerprint density at radius 2 is 0.773 bits per heavy atom.